The Balaban J connectivity index is 1.51. The van der Waals surface area contributed by atoms with Gasteiger partial charge in [-0.3, -0.25) is 14.5 Å². The number of amides is 1. The maximum atomic E-state index is 12.5. The number of hydrogen-bond acceptors (Lipinski definition) is 3. The fraction of sp³-hybridized carbons (Fsp3) is 0.500. The first-order valence-electron chi connectivity index (χ1n) is 7.43. The zero-order chi connectivity index (χ0) is 14.8. The molecule has 1 heterocycles. The molecule has 1 aliphatic carbocycles. The van der Waals surface area contributed by atoms with E-state index in [0.29, 0.717) is 32.1 Å². The lowest BCUT2D eigenvalue weighted by Crippen LogP contribution is -2.50. The van der Waals surface area contributed by atoms with Crippen LogP contribution < -0.4 is 0 Å². The molecule has 1 N–H and O–H groups in total. The number of rotatable bonds is 4. The Labute approximate surface area is 124 Å². The van der Waals surface area contributed by atoms with Gasteiger partial charge in [0.2, 0.25) is 5.91 Å². The SMILES string of the molecule is O=C(O)CN1CCN(C(=O)C2CC2c2ccccc2)CC1. The van der Waals surface area contributed by atoms with Crippen LogP contribution in [-0.4, -0.2) is 59.5 Å². The molecule has 1 aromatic rings. The second kappa shape index (κ2) is 5.85. The normalized spacial score (nSPS) is 25.6. The largest absolute Gasteiger partial charge is 0.480 e. The molecule has 0 bridgehead atoms. The molecule has 1 aromatic carbocycles. The van der Waals surface area contributed by atoms with Gasteiger partial charge >= 0.3 is 5.97 Å². The first-order chi connectivity index (χ1) is 10.1. The van der Waals surface area contributed by atoms with Crippen molar-refractivity contribution in [3.05, 3.63) is 35.9 Å². The van der Waals surface area contributed by atoms with Crippen molar-refractivity contribution in [1.82, 2.24) is 9.80 Å². The van der Waals surface area contributed by atoms with Crippen LogP contribution in [-0.2, 0) is 9.59 Å². The van der Waals surface area contributed by atoms with E-state index in [1.54, 1.807) is 0 Å². The molecule has 5 heteroatoms. The van der Waals surface area contributed by atoms with E-state index < -0.39 is 5.97 Å². The Bertz CT molecular complexity index is 524. The molecule has 0 radical (unpaired) electrons. The third-order valence-electron chi connectivity index (χ3n) is 4.38. The van der Waals surface area contributed by atoms with Gasteiger partial charge in [0.1, 0.15) is 0 Å². The predicted octanol–water partition coefficient (Wildman–Crippen LogP) is 1.02. The van der Waals surface area contributed by atoms with Crippen molar-refractivity contribution in [1.29, 1.82) is 0 Å². The van der Waals surface area contributed by atoms with E-state index in [4.69, 9.17) is 5.11 Å². The monoisotopic (exact) mass is 288 g/mol. The second-order valence-corrected chi connectivity index (χ2v) is 5.85. The van der Waals surface area contributed by atoms with Crippen LogP contribution in [0.5, 0.6) is 0 Å². The summed E-state index contributed by atoms with van der Waals surface area (Å²) in [7, 11) is 0. The fourth-order valence-corrected chi connectivity index (χ4v) is 3.09. The maximum absolute atomic E-state index is 12.5. The number of piperazine rings is 1. The Morgan fingerprint density at radius 1 is 1.10 bits per heavy atom. The standard InChI is InChI=1S/C16H20N2O3/c19-15(20)11-17-6-8-18(9-7-17)16(21)14-10-13(14)12-4-2-1-3-5-12/h1-5,13-14H,6-11H2,(H,19,20). The predicted molar refractivity (Wildman–Crippen MR) is 77.9 cm³/mol. The second-order valence-electron chi connectivity index (χ2n) is 5.85. The molecule has 1 aliphatic heterocycles. The number of hydrogen-bond donors (Lipinski definition) is 1. The average molecular weight is 288 g/mol. The number of benzene rings is 1. The first-order valence-corrected chi connectivity index (χ1v) is 7.43. The first kappa shape index (κ1) is 14.1. The van der Waals surface area contributed by atoms with E-state index in [9.17, 15) is 9.59 Å². The van der Waals surface area contributed by atoms with Gasteiger partial charge in [0.15, 0.2) is 0 Å². The number of carboxylic acid groups (broad SMARTS) is 1. The van der Waals surface area contributed by atoms with Gasteiger partial charge in [0.05, 0.1) is 6.54 Å². The van der Waals surface area contributed by atoms with E-state index in [1.807, 2.05) is 28.0 Å². The van der Waals surface area contributed by atoms with Crippen molar-refractivity contribution in [2.24, 2.45) is 5.92 Å². The van der Waals surface area contributed by atoms with Gasteiger partial charge in [-0.05, 0) is 17.9 Å². The minimum atomic E-state index is -0.805. The van der Waals surface area contributed by atoms with E-state index in [1.165, 1.54) is 5.56 Å². The van der Waals surface area contributed by atoms with Gasteiger partial charge in [0.25, 0.3) is 0 Å². The van der Waals surface area contributed by atoms with Crippen LogP contribution in [0.1, 0.15) is 17.9 Å². The van der Waals surface area contributed by atoms with E-state index in [-0.39, 0.29) is 18.4 Å². The van der Waals surface area contributed by atoms with E-state index >= 15 is 0 Å². The molecule has 2 atom stereocenters. The highest BCUT2D eigenvalue weighted by molar-refractivity contribution is 5.83. The van der Waals surface area contributed by atoms with Crippen LogP contribution in [0, 0.1) is 5.92 Å². The highest BCUT2D eigenvalue weighted by Crippen LogP contribution is 2.48. The zero-order valence-corrected chi connectivity index (χ0v) is 11.9. The summed E-state index contributed by atoms with van der Waals surface area (Å²) in [5.74, 6) is -0.0749. The molecule has 3 rings (SSSR count). The van der Waals surface area contributed by atoms with Crippen molar-refractivity contribution in [3.63, 3.8) is 0 Å². The summed E-state index contributed by atoms with van der Waals surface area (Å²) in [5, 5.41) is 8.78. The smallest absolute Gasteiger partial charge is 0.317 e. The number of carbonyl (C=O) groups excluding carboxylic acids is 1. The molecule has 21 heavy (non-hydrogen) atoms. The van der Waals surface area contributed by atoms with E-state index in [0.717, 1.165) is 6.42 Å². The summed E-state index contributed by atoms with van der Waals surface area (Å²) in [5.41, 5.74) is 1.25. The topological polar surface area (TPSA) is 60.9 Å². The number of carbonyl (C=O) groups is 2. The fourth-order valence-electron chi connectivity index (χ4n) is 3.09. The third-order valence-corrected chi connectivity index (χ3v) is 4.38. The highest BCUT2D eigenvalue weighted by atomic mass is 16.4. The van der Waals surface area contributed by atoms with Gasteiger partial charge in [-0.25, -0.2) is 0 Å². The zero-order valence-electron chi connectivity index (χ0n) is 11.9. The molecule has 2 aliphatic rings. The van der Waals surface area contributed by atoms with Crippen LogP contribution in [0.4, 0.5) is 0 Å². The van der Waals surface area contributed by atoms with Gasteiger partial charge in [-0.2, -0.15) is 0 Å². The maximum Gasteiger partial charge on any atom is 0.317 e. The molecule has 0 spiro atoms. The van der Waals surface area contributed by atoms with Crippen LogP contribution in [0.25, 0.3) is 0 Å². The van der Waals surface area contributed by atoms with Crippen LogP contribution in [0.2, 0.25) is 0 Å². The molecule has 1 amide bonds. The van der Waals surface area contributed by atoms with Gasteiger partial charge in [-0.15, -0.1) is 0 Å². The Hall–Kier alpha value is -1.88. The lowest BCUT2D eigenvalue weighted by atomic mass is 10.1. The summed E-state index contributed by atoms with van der Waals surface area (Å²) in [6.45, 7) is 2.66. The molecule has 2 unspecified atom stereocenters. The van der Waals surface area contributed by atoms with Gasteiger partial charge in [-0.1, -0.05) is 30.3 Å². The number of aliphatic carboxylic acids is 1. The van der Waals surface area contributed by atoms with E-state index in [2.05, 4.69) is 12.1 Å². The summed E-state index contributed by atoms with van der Waals surface area (Å²) < 4.78 is 0. The van der Waals surface area contributed by atoms with Crippen molar-refractivity contribution in [2.75, 3.05) is 32.7 Å². The number of carboxylic acids is 1. The molecule has 1 saturated heterocycles. The molecular weight excluding hydrogens is 268 g/mol. The molecule has 112 valence electrons. The lowest BCUT2D eigenvalue weighted by Gasteiger charge is -2.34. The van der Waals surface area contributed by atoms with Crippen LogP contribution in [0.3, 0.4) is 0 Å². The summed E-state index contributed by atoms with van der Waals surface area (Å²) >= 11 is 0. The Kier molecular flexibility index (Phi) is 3.92. The minimum absolute atomic E-state index is 0.0676. The molecule has 5 nitrogen and oxygen atoms in total. The molecular formula is C16H20N2O3. The van der Waals surface area contributed by atoms with Crippen molar-refractivity contribution >= 4 is 11.9 Å². The van der Waals surface area contributed by atoms with Gasteiger partial charge < -0.3 is 10.0 Å². The van der Waals surface area contributed by atoms with Crippen LogP contribution >= 0.6 is 0 Å². The average Bonchev–Trinajstić information content (AvgIpc) is 3.28. The van der Waals surface area contributed by atoms with Crippen LogP contribution in [0.15, 0.2) is 30.3 Å². The summed E-state index contributed by atoms with van der Waals surface area (Å²) in [6.07, 6.45) is 0.943. The minimum Gasteiger partial charge on any atom is -0.480 e. The highest BCUT2D eigenvalue weighted by Gasteiger charge is 2.45. The van der Waals surface area contributed by atoms with Crippen molar-refractivity contribution in [2.45, 2.75) is 12.3 Å². The Morgan fingerprint density at radius 3 is 2.38 bits per heavy atom. The third kappa shape index (κ3) is 3.24. The van der Waals surface area contributed by atoms with Crippen molar-refractivity contribution in [3.8, 4) is 0 Å². The molecule has 0 aromatic heterocycles. The quantitative estimate of drug-likeness (QED) is 0.898. The number of nitrogens with zero attached hydrogens (tertiary/aromatic N) is 2. The molecule has 2 fully saturated rings. The van der Waals surface area contributed by atoms with Gasteiger partial charge in [0, 0.05) is 32.1 Å². The summed E-state index contributed by atoms with van der Waals surface area (Å²) in [4.78, 5) is 26.9. The Morgan fingerprint density at radius 2 is 1.76 bits per heavy atom. The molecule has 1 saturated carbocycles. The van der Waals surface area contributed by atoms with Crippen molar-refractivity contribution < 1.29 is 14.7 Å². The summed E-state index contributed by atoms with van der Waals surface area (Å²) in [6, 6.07) is 10.2. The lowest BCUT2D eigenvalue weighted by molar-refractivity contribution is -0.139.